The topological polar surface area (TPSA) is 15.8 Å². The summed E-state index contributed by atoms with van der Waals surface area (Å²) in [5.41, 5.74) is 4.03. The first kappa shape index (κ1) is 12.4. The zero-order valence-corrected chi connectivity index (χ0v) is 11.8. The van der Waals surface area contributed by atoms with Crippen LogP contribution in [0.3, 0.4) is 0 Å². The minimum absolute atomic E-state index is 0.993. The van der Waals surface area contributed by atoms with Gasteiger partial charge >= 0.3 is 0 Å². The molecule has 3 aromatic rings. The lowest BCUT2D eigenvalue weighted by Crippen LogP contribution is -1.89. The molecule has 0 amide bonds. The number of aromatic nitrogens is 1. The largest absolute Gasteiger partial charge is 0.349 e. The van der Waals surface area contributed by atoms with Gasteiger partial charge in [0.15, 0.2) is 0 Å². The molecule has 1 N–H and O–H groups in total. The molecule has 0 saturated heterocycles. The van der Waals surface area contributed by atoms with Gasteiger partial charge in [-0.25, -0.2) is 0 Å². The van der Waals surface area contributed by atoms with Crippen LogP contribution in [-0.2, 0) is 6.42 Å². The fraction of sp³-hybridized carbons (Fsp3) is 0.176. The van der Waals surface area contributed by atoms with E-state index in [1.165, 1.54) is 27.1 Å². The Labute approximate surface area is 118 Å². The number of benzene rings is 2. The van der Waals surface area contributed by atoms with Gasteiger partial charge in [-0.2, -0.15) is 0 Å². The summed E-state index contributed by atoms with van der Waals surface area (Å²) in [7, 11) is 0. The van der Waals surface area contributed by atoms with Crippen molar-refractivity contribution in [2.24, 2.45) is 0 Å². The first-order valence-electron chi connectivity index (χ1n) is 6.65. The lowest BCUT2D eigenvalue weighted by molar-refractivity contribution is 1.10. The number of hydrogen-bond acceptors (Lipinski definition) is 1. The zero-order chi connectivity index (χ0) is 13.1. The van der Waals surface area contributed by atoms with E-state index in [0.29, 0.717) is 0 Å². The number of aromatic amines is 1. The predicted molar refractivity (Wildman–Crippen MR) is 83.9 cm³/mol. The van der Waals surface area contributed by atoms with Crippen molar-refractivity contribution in [3.63, 3.8) is 0 Å². The van der Waals surface area contributed by atoms with E-state index in [9.17, 15) is 0 Å². The van der Waals surface area contributed by atoms with Crippen LogP contribution in [0.2, 0.25) is 0 Å². The van der Waals surface area contributed by atoms with Gasteiger partial charge < -0.3 is 4.98 Å². The predicted octanol–water partition coefficient (Wildman–Crippen LogP) is 4.87. The van der Waals surface area contributed by atoms with Gasteiger partial charge in [0, 0.05) is 17.3 Å². The smallest absolute Gasteiger partial charge is 0.0768 e. The Bertz CT molecular complexity index is 670. The second-order valence-corrected chi connectivity index (χ2v) is 5.85. The van der Waals surface area contributed by atoms with Gasteiger partial charge in [-0.3, -0.25) is 0 Å². The summed E-state index contributed by atoms with van der Waals surface area (Å²) < 4.78 is 0. The highest BCUT2D eigenvalue weighted by Gasteiger charge is 2.11. The number of H-pyrrole nitrogens is 1. The van der Waals surface area contributed by atoms with Gasteiger partial charge in [0.05, 0.1) is 5.03 Å². The van der Waals surface area contributed by atoms with E-state index in [2.05, 4.69) is 66.5 Å². The molecule has 1 nitrogen and oxygen atoms in total. The van der Waals surface area contributed by atoms with Gasteiger partial charge in [-0.05, 0) is 22.9 Å². The minimum atomic E-state index is 0.993. The maximum Gasteiger partial charge on any atom is 0.0768 e. The third-order valence-corrected chi connectivity index (χ3v) is 4.21. The number of rotatable bonds is 4. The van der Waals surface area contributed by atoms with Gasteiger partial charge in [-0.15, -0.1) is 11.8 Å². The average molecular weight is 267 g/mol. The van der Waals surface area contributed by atoms with Crippen molar-refractivity contribution in [2.45, 2.75) is 18.4 Å². The van der Waals surface area contributed by atoms with Crippen LogP contribution in [0.25, 0.3) is 10.9 Å². The number of nitrogens with one attached hydrogen (secondary N) is 1. The molecule has 0 unspecified atom stereocenters. The Morgan fingerprint density at radius 2 is 1.68 bits per heavy atom. The minimum Gasteiger partial charge on any atom is -0.349 e. The van der Waals surface area contributed by atoms with Crippen LogP contribution >= 0.6 is 11.8 Å². The number of hydrogen-bond donors (Lipinski definition) is 1. The van der Waals surface area contributed by atoms with Crippen molar-refractivity contribution in [3.8, 4) is 0 Å². The fourth-order valence-electron chi connectivity index (χ4n) is 2.42. The summed E-state index contributed by atoms with van der Waals surface area (Å²) in [6, 6.07) is 19.3. The van der Waals surface area contributed by atoms with Crippen molar-refractivity contribution in [3.05, 3.63) is 65.7 Å². The van der Waals surface area contributed by atoms with Crippen molar-refractivity contribution >= 4 is 22.7 Å². The molecule has 0 aliphatic carbocycles. The van der Waals surface area contributed by atoms with E-state index in [-0.39, 0.29) is 0 Å². The summed E-state index contributed by atoms with van der Waals surface area (Å²) in [6.45, 7) is 2.20. The first-order chi connectivity index (χ1) is 9.38. The third kappa shape index (κ3) is 2.54. The molecule has 0 bridgehead atoms. The standard InChI is InChI=1S/C17H17NS/c1-2-19-17-15(12-13-8-4-3-5-9-13)14-10-6-7-11-16(14)18-17/h3-11,18H,2,12H2,1H3. The molecule has 3 rings (SSSR count). The molecule has 0 spiro atoms. The molecular weight excluding hydrogens is 250 g/mol. The summed E-state index contributed by atoms with van der Waals surface area (Å²) in [6.07, 6.45) is 0.993. The summed E-state index contributed by atoms with van der Waals surface area (Å²) >= 11 is 1.89. The fourth-order valence-corrected chi connectivity index (χ4v) is 3.25. The number of thioether (sulfide) groups is 1. The molecule has 0 saturated carbocycles. The molecule has 2 heteroatoms. The van der Waals surface area contributed by atoms with Crippen LogP contribution in [0.15, 0.2) is 59.6 Å². The van der Waals surface area contributed by atoms with E-state index in [0.717, 1.165) is 12.2 Å². The highest BCUT2D eigenvalue weighted by Crippen LogP contribution is 2.31. The molecule has 0 aliphatic heterocycles. The molecule has 0 aliphatic rings. The highest BCUT2D eigenvalue weighted by atomic mass is 32.2. The Balaban J connectivity index is 2.07. The van der Waals surface area contributed by atoms with E-state index in [1.54, 1.807) is 0 Å². The average Bonchev–Trinajstić information content (AvgIpc) is 2.79. The van der Waals surface area contributed by atoms with Gasteiger partial charge in [-0.1, -0.05) is 55.5 Å². The normalized spacial score (nSPS) is 11.0. The second kappa shape index (κ2) is 5.54. The Hall–Kier alpha value is -1.67. The van der Waals surface area contributed by atoms with Crippen molar-refractivity contribution in [1.29, 1.82) is 0 Å². The lowest BCUT2D eigenvalue weighted by atomic mass is 10.0. The highest BCUT2D eigenvalue weighted by molar-refractivity contribution is 7.99. The number of fused-ring (bicyclic) bond motifs is 1. The van der Waals surface area contributed by atoms with Crippen LogP contribution in [0, 0.1) is 0 Å². The summed E-state index contributed by atoms with van der Waals surface area (Å²) in [4.78, 5) is 3.55. The molecule has 0 atom stereocenters. The monoisotopic (exact) mass is 267 g/mol. The van der Waals surface area contributed by atoms with E-state index >= 15 is 0 Å². The molecule has 1 heterocycles. The van der Waals surface area contributed by atoms with E-state index < -0.39 is 0 Å². The molecule has 0 radical (unpaired) electrons. The third-order valence-electron chi connectivity index (χ3n) is 3.29. The van der Waals surface area contributed by atoms with Crippen molar-refractivity contribution in [1.82, 2.24) is 4.98 Å². The van der Waals surface area contributed by atoms with Crippen LogP contribution in [0.4, 0.5) is 0 Å². The Morgan fingerprint density at radius 3 is 2.47 bits per heavy atom. The molecule has 1 aromatic heterocycles. The first-order valence-corrected chi connectivity index (χ1v) is 7.63. The maximum atomic E-state index is 3.55. The van der Waals surface area contributed by atoms with Crippen LogP contribution in [0.1, 0.15) is 18.1 Å². The van der Waals surface area contributed by atoms with Crippen molar-refractivity contribution in [2.75, 3.05) is 5.75 Å². The van der Waals surface area contributed by atoms with Gasteiger partial charge in [0.25, 0.3) is 0 Å². The van der Waals surface area contributed by atoms with Gasteiger partial charge in [0.2, 0.25) is 0 Å². The maximum absolute atomic E-state index is 3.55. The summed E-state index contributed by atoms with van der Waals surface area (Å²) in [5, 5.41) is 2.66. The van der Waals surface area contributed by atoms with Crippen LogP contribution in [-0.4, -0.2) is 10.7 Å². The van der Waals surface area contributed by atoms with Crippen LogP contribution < -0.4 is 0 Å². The van der Waals surface area contributed by atoms with Crippen molar-refractivity contribution < 1.29 is 0 Å². The quantitative estimate of drug-likeness (QED) is 0.667. The molecule has 19 heavy (non-hydrogen) atoms. The Morgan fingerprint density at radius 1 is 0.947 bits per heavy atom. The number of para-hydroxylation sites is 1. The van der Waals surface area contributed by atoms with E-state index in [4.69, 9.17) is 0 Å². The second-order valence-electron chi connectivity index (χ2n) is 4.57. The zero-order valence-electron chi connectivity index (χ0n) is 11.0. The summed E-state index contributed by atoms with van der Waals surface area (Å²) in [5.74, 6) is 1.09. The van der Waals surface area contributed by atoms with E-state index in [1.807, 2.05) is 11.8 Å². The van der Waals surface area contributed by atoms with Gasteiger partial charge in [0.1, 0.15) is 0 Å². The molecule has 2 aromatic carbocycles. The molecular formula is C17H17NS. The van der Waals surface area contributed by atoms with Crippen LogP contribution in [0.5, 0.6) is 0 Å². The molecule has 96 valence electrons. The Kier molecular flexibility index (Phi) is 3.60. The molecule has 0 fully saturated rings. The lowest BCUT2D eigenvalue weighted by Gasteiger charge is -2.04. The SMILES string of the molecule is CCSc1[nH]c2ccccc2c1Cc1ccccc1.